The van der Waals surface area contributed by atoms with Gasteiger partial charge in [0.2, 0.25) is 5.91 Å². The molecule has 0 aromatic heterocycles. The lowest BCUT2D eigenvalue weighted by Gasteiger charge is -2.06. The predicted octanol–water partition coefficient (Wildman–Crippen LogP) is 2.57. The molecule has 1 aromatic carbocycles. The van der Waals surface area contributed by atoms with Gasteiger partial charge in [0.25, 0.3) is 0 Å². The molecule has 0 atom stereocenters. The highest BCUT2D eigenvalue weighted by molar-refractivity contribution is 5.90. The van der Waals surface area contributed by atoms with Crippen LogP contribution in [-0.2, 0) is 4.79 Å². The lowest BCUT2D eigenvalue weighted by atomic mass is 10.2. The van der Waals surface area contributed by atoms with Gasteiger partial charge in [-0.05, 0) is 18.6 Å². The first-order valence-corrected chi connectivity index (χ1v) is 4.80. The maximum absolute atomic E-state index is 13.2. The van der Waals surface area contributed by atoms with Crippen LogP contribution in [0.4, 0.5) is 10.1 Å². The van der Waals surface area contributed by atoms with Gasteiger partial charge in [-0.15, -0.1) is 0 Å². The third-order valence-electron chi connectivity index (χ3n) is 1.91. The normalized spacial score (nSPS) is 9.80. The zero-order valence-corrected chi connectivity index (χ0v) is 8.84. The Bertz CT molecular complexity index is 352. The quantitative estimate of drug-likeness (QED) is 0.831. The molecule has 0 heterocycles. The molecule has 0 aliphatic rings. The van der Waals surface area contributed by atoms with Crippen molar-refractivity contribution >= 4 is 11.6 Å². The van der Waals surface area contributed by atoms with Crippen molar-refractivity contribution in [1.82, 2.24) is 0 Å². The largest absolute Gasteiger partial charge is 0.494 e. The second-order valence-electron chi connectivity index (χ2n) is 3.15. The first-order valence-electron chi connectivity index (χ1n) is 4.80. The van der Waals surface area contributed by atoms with Crippen molar-refractivity contribution in [2.45, 2.75) is 19.8 Å². The fourth-order valence-corrected chi connectivity index (χ4v) is 1.19. The average Bonchev–Trinajstić information content (AvgIpc) is 2.18. The molecule has 4 heteroatoms. The molecule has 0 saturated heterocycles. The van der Waals surface area contributed by atoms with E-state index in [4.69, 9.17) is 4.74 Å². The molecule has 0 aliphatic heterocycles. The number of hydrogen-bond donors (Lipinski definition) is 1. The molecule has 0 aliphatic carbocycles. The van der Waals surface area contributed by atoms with Crippen LogP contribution in [0.3, 0.4) is 0 Å². The lowest BCUT2D eigenvalue weighted by Crippen LogP contribution is -2.10. The third kappa shape index (κ3) is 3.23. The number of amides is 1. The summed E-state index contributed by atoms with van der Waals surface area (Å²) in [5.41, 5.74) is 0.451. The molecule has 82 valence electrons. The molecule has 0 bridgehead atoms. The lowest BCUT2D eigenvalue weighted by molar-refractivity contribution is -0.116. The topological polar surface area (TPSA) is 38.3 Å². The van der Waals surface area contributed by atoms with Gasteiger partial charge in [-0.2, -0.15) is 0 Å². The van der Waals surface area contributed by atoms with Crippen molar-refractivity contribution in [2.24, 2.45) is 0 Å². The van der Waals surface area contributed by atoms with E-state index in [1.807, 2.05) is 6.92 Å². The number of nitrogens with one attached hydrogen (secondary N) is 1. The minimum atomic E-state index is -0.480. The highest BCUT2D eigenvalue weighted by Gasteiger charge is 2.05. The summed E-state index contributed by atoms with van der Waals surface area (Å²) in [7, 11) is 1.40. The molecule has 15 heavy (non-hydrogen) atoms. The molecule has 0 saturated carbocycles. The number of hydrogen-bond acceptors (Lipinski definition) is 2. The van der Waals surface area contributed by atoms with E-state index in [2.05, 4.69) is 5.32 Å². The number of benzene rings is 1. The third-order valence-corrected chi connectivity index (χ3v) is 1.91. The Kier molecular flexibility index (Phi) is 4.09. The molecule has 1 aromatic rings. The minimum Gasteiger partial charge on any atom is -0.494 e. The van der Waals surface area contributed by atoms with Crippen molar-refractivity contribution in [1.29, 1.82) is 0 Å². The van der Waals surface area contributed by atoms with E-state index >= 15 is 0 Å². The van der Waals surface area contributed by atoms with Crippen LogP contribution in [0, 0.1) is 5.82 Å². The Morgan fingerprint density at radius 3 is 2.80 bits per heavy atom. The first-order chi connectivity index (χ1) is 7.17. The van der Waals surface area contributed by atoms with E-state index in [1.165, 1.54) is 19.2 Å². The summed E-state index contributed by atoms with van der Waals surface area (Å²) in [5, 5.41) is 2.60. The van der Waals surface area contributed by atoms with E-state index in [0.717, 1.165) is 6.42 Å². The van der Waals surface area contributed by atoms with Crippen molar-refractivity contribution in [3.63, 3.8) is 0 Å². The van der Waals surface area contributed by atoms with Crippen LogP contribution in [0.1, 0.15) is 19.8 Å². The van der Waals surface area contributed by atoms with Gasteiger partial charge in [0.05, 0.1) is 7.11 Å². The van der Waals surface area contributed by atoms with Crippen LogP contribution in [0.2, 0.25) is 0 Å². The second-order valence-corrected chi connectivity index (χ2v) is 3.15. The number of methoxy groups -OCH3 is 1. The molecular weight excluding hydrogens is 197 g/mol. The Morgan fingerprint density at radius 2 is 2.27 bits per heavy atom. The molecule has 0 radical (unpaired) electrons. The van der Waals surface area contributed by atoms with Crippen LogP contribution < -0.4 is 10.1 Å². The van der Waals surface area contributed by atoms with Gasteiger partial charge in [0, 0.05) is 18.2 Å². The van der Waals surface area contributed by atoms with E-state index in [9.17, 15) is 9.18 Å². The highest BCUT2D eigenvalue weighted by Crippen LogP contribution is 2.20. The number of carbonyl (C=O) groups excluding carboxylic acids is 1. The van der Waals surface area contributed by atoms with Gasteiger partial charge in [-0.1, -0.05) is 6.92 Å². The summed E-state index contributed by atoms with van der Waals surface area (Å²) >= 11 is 0. The van der Waals surface area contributed by atoms with Crippen LogP contribution in [0.15, 0.2) is 18.2 Å². The Hall–Kier alpha value is -1.58. The van der Waals surface area contributed by atoms with Gasteiger partial charge >= 0.3 is 0 Å². The standard InChI is InChI=1S/C11H14FNO2/c1-3-4-11(14)13-8-5-6-10(15-2)9(12)7-8/h5-7H,3-4H2,1-2H3,(H,13,14). The fourth-order valence-electron chi connectivity index (χ4n) is 1.19. The maximum Gasteiger partial charge on any atom is 0.224 e. The van der Waals surface area contributed by atoms with Crippen molar-refractivity contribution in [2.75, 3.05) is 12.4 Å². The molecule has 1 amide bonds. The van der Waals surface area contributed by atoms with Crippen LogP contribution in [0.25, 0.3) is 0 Å². The predicted molar refractivity (Wildman–Crippen MR) is 56.5 cm³/mol. The summed E-state index contributed by atoms with van der Waals surface area (Å²) in [6.45, 7) is 1.91. The molecule has 0 fully saturated rings. The van der Waals surface area contributed by atoms with E-state index in [-0.39, 0.29) is 11.7 Å². The maximum atomic E-state index is 13.2. The SMILES string of the molecule is CCCC(=O)Nc1ccc(OC)c(F)c1. The van der Waals surface area contributed by atoms with E-state index in [1.54, 1.807) is 6.07 Å². The van der Waals surface area contributed by atoms with Gasteiger partial charge in [-0.3, -0.25) is 4.79 Å². The van der Waals surface area contributed by atoms with Gasteiger partial charge in [0.15, 0.2) is 11.6 Å². The molecule has 0 spiro atoms. The molecule has 1 N–H and O–H groups in total. The Morgan fingerprint density at radius 1 is 1.53 bits per heavy atom. The van der Waals surface area contributed by atoms with Crippen LogP contribution in [0.5, 0.6) is 5.75 Å². The fraction of sp³-hybridized carbons (Fsp3) is 0.364. The summed E-state index contributed by atoms with van der Waals surface area (Å²) in [4.78, 5) is 11.2. The Labute approximate surface area is 88.2 Å². The van der Waals surface area contributed by atoms with Crippen LogP contribution >= 0.6 is 0 Å². The highest BCUT2D eigenvalue weighted by atomic mass is 19.1. The molecule has 1 rings (SSSR count). The molecular formula is C11H14FNO2. The monoisotopic (exact) mass is 211 g/mol. The van der Waals surface area contributed by atoms with Crippen molar-refractivity contribution in [3.05, 3.63) is 24.0 Å². The number of carbonyl (C=O) groups is 1. The van der Waals surface area contributed by atoms with E-state index in [0.29, 0.717) is 12.1 Å². The first kappa shape index (κ1) is 11.5. The Balaban J connectivity index is 2.71. The number of halogens is 1. The van der Waals surface area contributed by atoms with Crippen molar-refractivity contribution < 1.29 is 13.9 Å². The summed E-state index contributed by atoms with van der Waals surface area (Å²) in [6.07, 6.45) is 1.21. The number of anilines is 1. The smallest absolute Gasteiger partial charge is 0.224 e. The van der Waals surface area contributed by atoms with E-state index < -0.39 is 5.82 Å². The van der Waals surface area contributed by atoms with Gasteiger partial charge in [0.1, 0.15) is 0 Å². The summed E-state index contributed by atoms with van der Waals surface area (Å²) < 4.78 is 18.0. The zero-order valence-electron chi connectivity index (χ0n) is 8.84. The second kappa shape index (κ2) is 5.34. The van der Waals surface area contributed by atoms with Crippen molar-refractivity contribution in [3.8, 4) is 5.75 Å². The number of ether oxygens (including phenoxy) is 1. The van der Waals surface area contributed by atoms with Gasteiger partial charge < -0.3 is 10.1 Å². The number of rotatable bonds is 4. The van der Waals surface area contributed by atoms with Crippen LogP contribution in [-0.4, -0.2) is 13.0 Å². The molecule has 3 nitrogen and oxygen atoms in total. The minimum absolute atomic E-state index is 0.109. The average molecular weight is 211 g/mol. The molecule has 0 unspecified atom stereocenters. The summed E-state index contributed by atoms with van der Waals surface area (Å²) in [6, 6.07) is 4.33. The summed E-state index contributed by atoms with van der Waals surface area (Å²) in [5.74, 6) is -0.419. The zero-order chi connectivity index (χ0) is 11.3. The van der Waals surface area contributed by atoms with Gasteiger partial charge in [-0.25, -0.2) is 4.39 Å².